The fourth-order valence-electron chi connectivity index (χ4n) is 3.34. The van der Waals surface area contributed by atoms with E-state index in [1.807, 2.05) is 18.7 Å². The van der Waals surface area contributed by atoms with Crippen LogP contribution in [0.4, 0.5) is 5.82 Å². The Balaban J connectivity index is 1.90. The molecular weight excluding hydrogens is 380 g/mol. The van der Waals surface area contributed by atoms with Gasteiger partial charge in [0, 0.05) is 42.9 Å². The SMILES string of the molecule is Cc1sc2nc(C(C)C)nc(N3CCN(C(=O)C(C)(C)CCl)CC3)c2c1C. The van der Waals surface area contributed by atoms with E-state index in [4.69, 9.17) is 21.6 Å². The maximum absolute atomic E-state index is 12.7. The van der Waals surface area contributed by atoms with Gasteiger partial charge in [-0.1, -0.05) is 13.8 Å². The molecule has 1 saturated heterocycles. The Morgan fingerprint density at radius 2 is 1.81 bits per heavy atom. The average Bonchev–Trinajstić information content (AvgIpc) is 2.94. The minimum Gasteiger partial charge on any atom is -0.352 e. The number of nitrogens with zero attached hydrogens (tertiary/aromatic N) is 4. The van der Waals surface area contributed by atoms with Gasteiger partial charge in [0.2, 0.25) is 5.91 Å². The fraction of sp³-hybridized carbons (Fsp3) is 0.650. The van der Waals surface area contributed by atoms with Crippen molar-refractivity contribution in [3.8, 4) is 0 Å². The molecule has 3 rings (SSSR count). The highest BCUT2D eigenvalue weighted by Crippen LogP contribution is 2.36. The van der Waals surface area contributed by atoms with Crippen molar-refractivity contribution in [3.05, 3.63) is 16.3 Å². The molecule has 0 unspecified atom stereocenters. The number of thiophene rings is 1. The molecule has 1 fully saturated rings. The third-order valence-electron chi connectivity index (χ3n) is 5.32. The zero-order valence-corrected chi connectivity index (χ0v) is 18.7. The number of alkyl halides is 1. The van der Waals surface area contributed by atoms with Crippen molar-refractivity contribution in [1.29, 1.82) is 0 Å². The molecule has 0 atom stereocenters. The van der Waals surface area contributed by atoms with E-state index in [-0.39, 0.29) is 11.8 Å². The van der Waals surface area contributed by atoms with Crippen molar-refractivity contribution >= 4 is 44.9 Å². The minimum atomic E-state index is -0.516. The Labute approximate surface area is 170 Å². The first kappa shape index (κ1) is 20.3. The summed E-state index contributed by atoms with van der Waals surface area (Å²) in [6, 6.07) is 0. The highest BCUT2D eigenvalue weighted by molar-refractivity contribution is 7.18. The van der Waals surface area contributed by atoms with Gasteiger partial charge in [0.05, 0.1) is 10.8 Å². The molecule has 0 radical (unpaired) electrons. The number of hydrogen-bond acceptors (Lipinski definition) is 5. The zero-order chi connectivity index (χ0) is 19.9. The normalized spacial score (nSPS) is 15.9. The number of anilines is 1. The summed E-state index contributed by atoms with van der Waals surface area (Å²) in [5.74, 6) is 2.66. The van der Waals surface area contributed by atoms with Gasteiger partial charge in [0.15, 0.2) is 0 Å². The van der Waals surface area contributed by atoms with Gasteiger partial charge in [0.25, 0.3) is 0 Å². The second-order valence-corrected chi connectivity index (χ2v) is 9.79. The molecule has 7 heteroatoms. The van der Waals surface area contributed by atoms with E-state index in [0.717, 1.165) is 29.6 Å². The van der Waals surface area contributed by atoms with E-state index in [9.17, 15) is 4.79 Å². The zero-order valence-electron chi connectivity index (χ0n) is 17.1. The van der Waals surface area contributed by atoms with Gasteiger partial charge in [-0.15, -0.1) is 22.9 Å². The van der Waals surface area contributed by atoms with Crippen LogP contribution in [-0.2, 0) is 4.79 Å². The first-order valence-corrected chi connectivity index (χ1v) is 10.9. The van der Waals surface area contributed by atoms with E-state index in [1.54, 1.807) is 11.3 Å². The Hall–Kier alpha value is -1.40. The van der Waals surface area contributed by atoms with Crippen molar-refractivity contribution in [2.45, 2.75) is 47.5 Å². The van der Waals surface area contributed by atoms with Crippen LogP contribution in [0.5, 0.6) is 0 Å². The number of piperazine rings is 1. The number of aryl methyl sites for hydroxylation is 2. The molecule has 1 aliphatic rings. The number of rotatable bonds is 4. The summed E-state index contributed by atoms with van der Waals surface area (Å²) in [7, 11) is 0. The molecular formula is C20H29ClN4OS. The van der Waals surface area contributed by atoms with Crippen LogP contribution < -0.4 is 4.90 Å². The van der Waals surface area contributed by atoms with Gasteiger partial charge >= 0.3 is 0 Å². The summed E-state index contributed by atoms with van der Waals surface area (Å²) in [4.78, 5) is 29.0. The molecule has 148 valence electrons. The van der Waals surface area contributed by atoms with Gasteiger partial charge in [-0.25, -0.2) is 9.97 Å². The molecule has 1 amide bonds. The van der Waals surface area contributed by atoms with Crippen LogP contribution in [0, 0.1) is 19.3 Å². The lowest BCUT2D eigenvalue weighted by molar-refractivity contribution is -0.139. The topological polar surface area (TPSA) is 49.3 Å². The Bertz CT molecular complexity index is 853. The number of carbonyl (C=O) groups is 1. The molecule has 2 aromatic rings. The summed E-state index contributed by atoms with van der Waals surface area (Å²) in [6.07, 6.45) is 0. The monoisotopic (exact) mass is 408 g/mol. The first-order chi connectivity index (χ1) is 12.7. The molecule has 5 nitrogen and oxygen atoms in total. The van der Waals surface area contributed by atoms with Crippen molar-refractivity contribution in [2.24, 2.45) is 5.41 Å². The van der Waals surface area contributed by atoms with Crippen molar-refractivity contribution < 1.29 is 4.79 Å². The van der Waals surface area contributed by atoms with Crippen LogP contribution >= 0.6 is 22.9 Å². The van der Waals surface area contributed by atoms with E-state index in [0.29, 0.717) is 19.0 Å². The first-order valence-electron chi connectivity index (χ1n) is 9.53. The standard InChI is InChI=1S/C20H29ClN4OS/c1-12(2)16-22-17(15-13(3)14(4)27-18(15)23-16)24-7-9-25(10-8-24)19(26)20(5,6)11-21/h12H,7-11H2,1-6H3. The summed E-state index contributed by atoms with van der Waals surface area (Å²) in [5.41, 5.74) is 0.750. The van der Waals surface area contributed by atoms with Crippen molar-refractivity contribution in [3.63, 3.8) is 0 Å². The van der Waals surface area contributed by atoms with Crippen molar-refractivity contribution in [1.82, 2.24) is 14.9 Å². The van der Waals surface area contributed by atoms with Crippen LogP contribution in [0.2, 0.25) is 0 Å². The van der Waals surface area contributed by atoms with Crippen LogP contribution in [0.1, 0.15) is 49.9 Å². The molecule has 0 spiro atoms. The van der Waals surface area contributed by atoms with Gasteiger partial charge in [-0.05, 0) is 33.3 Å². The molecule has 0 N–H and O–H groups in total. The molecule has 1 aliphatic heterocycles. The third-order valence-corrected chi connectivity index (χ3v) is 7.09. The van der Waals surface area contributed by atoms with Gasteiger partial charge in [-0.2, -0.15) is 0 Å². The summed E-state index contributed by atoms with van der Waals surface area (Å²) >= 11 is 7.73. The molecule has 3 heterocycles. The van der Waals surface area contributed by atoms with E-state index in [2.05, 4.69) is 32.6 Å². The lowest BCUT2D eigenvalue weighted by Crippen LogP contribution is -2.52. The molecule has 0 aliphatic carbocycles. The van der Waals surface area contributed by atoms with Gasteiger partial charge < -0.3 is 9.80 Å². The Kier molecular flexibility index (Phi) is 5.69. The lowest BCUT2D eigenvalue weighted by Gasteiger charge is -2.39. The molecule has 2 aromatic heterocycles. The molecule has 0 bridgehead atoms. The predicted octanol–water partition coefficient (Wildman–Crippen LogP) is 4.35. The Morgan fingerprint density at radius 3 is 2.37 bits per heavy atom. The van der Waals surface area contributed by atoms with Gasteiger partial charge in [-0.3, -0.25) is 4.79 Å². The second kappa shape index (κ2) is 7.55. The predicted molar refractivity (Wildman–Crippen MR) is 114 cm³/mol. The molecule has 0 aromatic carbocycles. The number of halogens is 1. The molecule has 0 saturated carbocycles. The largest absolute Gasteiger partial charge is 0.352 e. The number of aromatic nitrogens is 2. The highest BCUT2D eigenvalue weighted by Gasteiger charge is 2.33. The van der Waals surface area contributed by atoms with E-state index < -0.39 is 5.41 Å². The van der Waals surface area contributed by atoms with Crippen LogP contribution in [0.3, 0.4) is 0 Å². The lowest BCUT2D eigenvalue weighted by atomic mass is 9.94. The second-order valence-electron chi connectivity index (χ2n) is 8.32. The van der Waals surface area contributed by atoms with Crippen LogP contribution in [0.25, 0.3) is 10.2 Å². The maximum atomic E-state index is 12.7. The fourth-order valence-corrected chi connectivity index (χ4v) is 4.48. The summed E-state index contributed by atoms with van der Waals surface area (Å²) in [6.45, 7) is 15.3. The number of fused-ring (bicyclic) bond motifs is 1. The average molecular weight is 409 g/mol. The smallest absolute Gasteiger partial charge is 0.229 e. The quantitative estimate of drug-likeness (QED) is 0.706. The van der Waals surface area contributed by atoms with E-state index >= 15 is 0 Å². The third kappa shape index (κ3) is 3.79. The number of carbonyl (C=O) groups excluding carboxylic acids is 1. The van der Waals surface area contributed by atoms with Crippen molar-refractivity contribution in [2.75, 3.05) is 37.0 Å². The minimum absolute atomic E-state index is 0.135. The number of amides is 1. The molecule has 27 heavy (non-hydrogen) atoms. The summed E-state index contributed by atoms with van der Waals surface area (Å²) < 4.78 is 0. The van der Waals surface area contributed by atoms with Crippen LogP contribution in [0.15, 0.2) is 0 Å². The number of hydrogen-bond donors (Lipinski definition) is 0. The van der Waals surface area contributed by atoms with Gasteiger partial charge in [0.1, 0.15) is 16.5 Å². The van der Waals surface area contributed by atoms with E-state index in [1.165, 1.54) is 15.8 Å². The Morgan fingerprint density at radius 1 is 1.19 bits per heavy atom. The maximum Gasteiger partial charge on any atom is 0.229 e. The summed E-state index contributed by atoms with van der Waals surface area (Å²) in [5, 5.41) is 1.17. The highest BCUT2D eigenvalue weighted by atomic mass is 35.5. The van der Waals surface area contributed by atoms with Crippen LogP contribution in [-0.4, -0.2) is 52.8 Å².